The van der Waals surface area contributed by atoms with Crippen molar-refractivity contribution in [3.05, 3.63) is 38.9 Å². The Bertz CT molecular complexity index is 1060. The number of fused-ring (bicyclic) bond motifs is 1. The summed E-state index contributed by atoms with van der Waals surface area (Å²) in [6.45, 7) is 1.30. The Morgan fingerprint density at radius 2 is 1.97 bits per heavy atom. The standard InChI is InChI=1S/C20H24ClN7O4S.ClH/c1-27(2)20(32)13(9-23-16(29)17(30)26-15-5-4-11(21)8-22-15)24-18(31)19-25-12-6-7-28(3)10-14(12)33-19;/h4-5,8,13H,6-7,9-10H2,1-3H3,(H,23,29)(H,24,31)(H,22,26,30);1H/t13-;/m0./s1. The normalized spacial score (nSPS) is 13.6. The molecular weight excluding hydrogens is 505 g/mol. The predicted octanol–water partition coefficient (Wildman–Crippen LogP) is 0.543. The molecule has 2 aromatic heterocycles. The van der Waals surface area contributed by atoms with Gasteiger partial charge in [0.2, 0.25) is 5.91 Å². The number of anilines is 1. The second-order valence-corrected chi connectivity index (χ2v) is 9.18. The maximum absolute atomic E-state index is 12.8. The highest BCUT2D eigenvalue weighted by Gasteiger charge is 2.27. The Labute approximate surface area is 211 Å². The number of rotatable bonds is 6. The monoisotopic (exact) mass is 529 g/mol. The van der Waals surface area contributed by atoms with Gasteiger partial charge in [-0.05, 0) is 19.2 Å². The molecule has 0 unspecified atom stereocenters. The van der Waals surface area contributed by atoms with E-state index >= 15 is 0 Å². The molecule has 3 rings (SSSR count). The van der Waals surface area contributed by atoms with E-state index in [0.29, 0.717) is 11.6 Å². The number of amides is 4. The molecule has 3 heterocycles. The summed E-state index contributed by atoms with van der Waals surface area (Å²) in [6.07, 6.45) is 2.08. The van der Waals surface area contributed by atoms with E-state index in [1.165, 1.54) is 48.7 Å². The molecule has 0 saturated heterocycles. The molecule has 184 valence electrons. The third-order valence-electron chi connectivity index (χ3n) is 4.80. The minimum absolute atomic E-state index is 0. The van der Waals surface area contributed by atoms with Gasteiger partial charge >= 0.3 is 11.8 Å². The highest BCUT2D eigenvalue weighted by Crippen LogP contribution is 2.24. The Morgan fingerprint density at radius 1 is 1.24 bits per heavy atom. The summed E-state index contributed by atoms with van der Waals surface area (Å²) in [5.74, 6) is -2.76. The number of carbonyl (C=O) groups is 4. The minimum Gasteiger partial charge on any atom is -0.347 e. The van der Waals surface area contributed by atoms with Gasteiger partial charge in [0, 0.05) is 51.2 Å². The van der Waals surface area contributed by atoms with Crippen LogP contribution in [0.4, 0.5) is 5.82 Å². The Hall–Kier alpha value is -2.80. The van der Waals surface area contributed by atoms with Crippen LogP contribution < -0.4 is 16.0 Å². The number of nitrogens with one attached hydrogen (secondary N) is 3. The van der Waals surface area contributed by atoms with Crippen molar-refractivity contribution in [2.45, 2.75) is 19.0 Å². The van der Waals surface area contributed by atoms with Crippen LogP contribution in [0.25, 0.3) is 0 Å². The number of hydrogen-bond donors (Lipinski definition) is 3. The second kappa shape index (κ2) is 12.1. The fourth-order valence-electron chi connectivity index (χ4n) is 3.05. The number of carbonyl (C=O) groups excluding carboxylic acids is 4. The summed E-state index contributed by atoms with van der Waals surface area (Å²) >= 11 is 7.02. The first-order chi connectivity index (χ1) is 15.6. The number of halogens is 2. The van der Waals surface area contributed by atoms with Gasteiger partial charge in [-0.3, -0.25) is 19.2 Å². The quantitative estimate of drug-likeness (QED) is 0.464. The largest absolute Gasteiger partial charge is 0.347 e. The van der Waals surface area contributed by atoms with Crippen molar-refractivity contribution in [2.75, 3.05) is 39.5 Å². The average molecular weight is 530 g/mol. The van der Waals surface area contributed by atoms with Crippen molar-refractivity contribution in [2.24, 2.45) is 0 Å². The van der Waals surface area contributed by atoms with Gasteiger partial charge in [0.25, 0.3) is 5.91 Å². The minimum atomic E-state index is -1.08. The molecule has 2 aromatic rings. The van der Waals surface area contributed by atoms with Gasteiger partial charge in [0.05, 0.1) is 10.7 Å². The van der Waals surface area contributed by atoms with Crippen molar-refractivity contribution in [3.8, 4) is 0 Å². The molecule has 34 heavy (non-hydrogen) atoms. The van der Waals surface area contributed by atoms with E-state index in [0.717, 1.165) is 23.5 Å². The summed E-state index contributed by atoms with van der Waals surface area (Å²) in [4.78, 5) is 62.4. The number of aromatic nitrogens is 2. The lowest BCUT2D eigenvalue weighted by Crippen LogP contribution is -2.53. The van der Waals surface area contributed by atoms with Crippen molar-refractivity contribution in [1.29, 1.82) is 0 Å². The zero-order chi connectivity index (χ0) is 24.1. The number of likely N-dealkylation sites (N-methyl/N-ethyl adjacent to an activating group) is 2. The topological polar surface area (TPSA) is 137 Å². The highest BCUT2D eigenvalue weighted by molar-refractivity contribution is 7.13. The molecule has 0 radical (unpaired) electrons. The van der Waals surface area contributed by atoms with Crippen molar-refractivity contribution < 1.29 is 19.2 Å². The molecule has 1 aliphatic heterocycles. The molecule has 11 nitrogen and oxygen atoms in total. The highest BCUT2D eigenvalue weighted by atomic mass is 35.5. The maximum Gasteiger partial charge on any atom is 0.314 e. The van der Waals surface area contributed by atoms with Crippen LogP contribution in [0.3, 0.4) is 0 Å². The number of pyridine rings is 1. The van der Waals surface area contributed by atoms with Gasteiger partial charge in [0.15, 0.2) is 5.01 Å². The molecular formula is C20H25Cl2N7O4S. The lowest BCUT2D eigenvalue weighted by molar-refractivity contribution is -0.136. The smallest absolute Gasteiger partial charge is 0.314 e. The Balaban J connectivity index is 0.00000408. The summed E-state index contributed by atoms with van der Waals surface area (Å²) in [5, 5.41) is 7.95. The molecule has 1 aliphatic rings. The fourth-order valence-corrected chi connectivity index (χ4v) is 4.25. The molecule has 1 atom stereocenters. The molecule has 0 aliphatic carbocycles. The van der Waals surface area contributed by atoms with Gasteiger partial charge in [-0.1, -0.05) is 11.6 Å². The van der Waals surface area contributed by atoms with Gasteiger partial charge in [-0.15, -0.1) is 23.7 Å². The van der Waals surface area contributed by atoms with Gasteiger partial charge < -0.3 is 25.8 Å². The van der Waals surface area contributed by atoms with Gasteiger partial charge in [-0.2, -0.15) is 0 Å². The zero-order valence-corrected chi connectivity index (χ0v) is 21.1. The lowest BCUT2D eigenvalue weighted by atomic mass is 10.2. The molecule has 4 amide bonds. The van der Waals surface area contributed by atoms with E-state index in [4.69, 9.17) is 11.6 Å². The van der Waals surface area contributed by atoms with Crippen LogP contribution in [0.2, 0.25) is 5.02 Å². The van der Waals surface area contributed by atoms with Crippen molar-refractivity contribution in [1.82, 2.24) is 30.4 Å². The van der Waals surface area contributed by atoms with Crippen LogP contribution in [0, 0.1) is 0 Å². The molecule has 0 spiro atoms. The van der Waals surface area contributed by atoms with Crippen LogP contribution in [0.15, 0.2) is 18.3 Å². The average Bonchev–Trinajstić information content (AvgIpc) is 3.20. The third-order valence-corrected chi connectivity index (χ3v) is 6.11. The molecule has 14 heteroatoms. The van der Waals surface area contributed by atoms with Crippen LogP contribution >= 0.6 is 35.3 Å². The first kappa shape index (κ1) is 27.4. The second-order valence-electron chi connectivity index (χ2n) is 7.66. The van der Waals surface area contributed by atoms with E-state index in [2.05, 4.69) is 30.8 Å². The molecule has 0 aromatic carbocycles. The van der Waals surface area contributed by atoms with E-state index in [-0.39, 0.29) is 29.8 Å². The van der Waals surface area contributed by atoms with E-state index in [1.54, 1.807) is 0 Å². The molecule has 0 fully saturated rings. The SMILES string of the molecule is CN1CCc2nc(C(=O)N[C@@H](CNC(=O)C(=O)Nc3ccc(Cl)cn3)C(=O)N(C)C)sc2C1.Cl. The van der Waals surface area contributed by atoms with Crippen LogP contribution in [0.1, 0.15) is 20.4 Å². The van der Waals surface area contributed by atoms with Crippen LogP contribution in [-0.4, -0.2) is 83.7 Å². The third kappa shape index (κ3) is 7.10. The summed E-state index contributed by atoms with van der Waals surface area (Å²) in [5.41, 5.74) is 0.888. The molecule has 0 bridgehead atoms. The number of thiazole rings is 1. The van der Waals surface area contributed by atoms with Gasteiger partial charge in [-0.25, -0.2) is 9.97 Å². The molecule has 3 N–H and O–H groups in total. The number of hydrogen-bond acceptors (Lipinski definition) is 8. The van der Waals surface area contributed by atoms with E-state index < -0.39 is 29.7 Å². The van der Waals surface area contributed by atoms with Crippen molar-refractivity contribution >= 4 is 64.8 Å². The number of nitrogens with zero attached hydrogens (tertiary/aromatic N) is 4. The van der Waals surface area contributed by atoms with E-state index in [9.17, 15) is 19.2 Å². The summed E-state index contributed by atoms with van der Waals surface area (Å²) in [6, 6.07) is 1.87. The summed E-state index contributed by atoms with van der Waals surface area (Å²) in [7, 11) is 5.05. The maximum atomic E-state index is 12.8. The Kier molecular flexibility index (Phi) is 9.74. The van der Waals surface area contributed by atoms with Gasteiger partial charge in [0.1, 0.15) is 11.9 Å². The Morgan fingerprint density at radius 3 is 2.62 bits per heavy atom. The molecule has 0 saturated carbocycles. The summed E-state index contributed by atoms with van der Waals surface area (Å²) < 4.78 is 0. The zero-order valence-electron chi connectivity index (χ0n) is 18.8. The predicted molar refractivity (Wildman–Crippen MR) is 130 cm³/mol. The van der Waals surface area contributed by atoms with Crippen LogP contribution in [0.5, 0.6) is 0 Å². The fraction of sp³-hybridized carbons (Fsp3) is 0.400. The van der Waals surface area contributed by atoms with E-state index in [1.807, 2.05) is 7.05 Å². The lowest BCUT2D eigenvalue weighted by Gasteiger charge is -2.21. The first-order valence-electron chi connectivity index (χ1n) is 10.0. The van der Waals surface area contributed by atoms with Crippen molar-refractivity contribution in [3.63, 3.8) is 0 Å². The first-order valence-corrected chi connectivity index (χ1v) is 11.2. The van der Waals surface area contributed by atoms with Crippen LogP contribution in [-0.2, 0) is 27.3 Å².